The first-order chi connectivity index (χ1) is 12.2. The Morgan fingerprint density at radius 1 is 1.12 bits per heavy atom. The lowest BCUT2D eigenvalue weighted by Crippen LogP contribution is -2.27. The van der Waals surface area contributed by atoms with Crippen molar-refractivity contribution < 1.29 is 17.9 Å². The van der Waals surface area contributed by atoms with Crippen molar-refractivity contribution in [3.8, 4) is 5.75 Å². The third kappa shape index (κ3) is 4.35. The summed E-state index contributed by atoms with van der Waals surface area (Å²) in [5.74, 6) is -0.115. The van der Waals surface area contributed by atoms with Gasteiger partial charge in [-0.15, -0.1) is 0 Å². The highest BCUT2D eigenvalue weighted by Crippen LogP contribution is 2.27. The Morgan fingerprint density at radius 3 is 2.38 bits per heavy atom. The zero-order valence-corrected chi connectivity index (χ0v) is 16.6. The first-order valence-electron chi connectivity index (χ1n) is 7.77. The van der Waals surface area contributed by atoms with Gasteiger partial charge in [0.05, 0.1) is 7.11 Å². The number of carbonyl (C=O) groups excluding carboxylic acids is 1. The number of hydrogen-bond acceptors (Lipinski definition) is 4. The molecule has 0 aromatic heterocycles. The summed E-state index contributed by atoms with van der Waals surface area (Å²) >= 11 is 5.97. The monoisotopic (exact) mass is 396 g/mol. The lowest BCUT2D eigenvalue weighted by Gasteiger charge is -2.19. The number of nitrogens with zero attached hydrogens (tertiary/aromatic N) is 2. The van der Waals surface area contributed by atoms with Crippen molar-refractivity contribution in [3.63, 3.8) is 0 Å². The first kappa shape index (κ1) is 20.2. The van der Waals surface area contributed by atoms with E-state index in [9.17, 15) is 13.2 Å². The molecule has 0 aliphatic rings. The summed E-state index contributed by atoms with van der Waals surface area (Å²) < 4.78 is 31.2. The van der Waals surface area contributed by atoms with Crippen LogP contribution < -0.4 is 4.74 Å². The molecule has 6 nitrogen and oxygen atoms in total. The van der Waals surface area contributed by atoms with E-state index in [0.29, 0.717) is 11.6 Å². The third-order valence-corrected chi connectivity index (χ3v) is 5.90. The van der Waals surface area contributed by atoms with Gasteiger partial charge >= 0.3 is 0 Å². The fourth-order valence-electron chi connectivity index (χ4n) is 2.41. The van der Waals surface area contributed by atoms with Gasteiger partial charge in [-0.1, -0.05) is 23.7 Å². The van der Waals surface area contributed by atoms with Gasteiger partial charge in [0.25, 0.3) is 5.91 Å². The van der Waals surface area contributed by atoms with Crippen LogP contribution in [0, 0.1) is 0 Å². The second-order valence-electron chi connectivity index (χ2n) is 5.94. The molecule has 140 valence electrons. The van der Waals surface area contributed by atoms with E-state index >= 15 is 0 Å². The molecule has 0 atom stereocenters. The van der Waals surface area contributed by atoms with E-state index in [1.807, 2.05) is 12.1 Å². The molecule has 0 bridgehead atoms. The summed E-state index contributed by atoms with van der Waals surface area (Å²) in [5.41, 5.74) is 1.14. The van der Waals surface area contributed by atoms with Crippen LogP contribution in [-0.2, 0) is 16.6 Å². The van der Waals surface area contributed by atoms with Crippen LogP contribution in [0.25, 0.3) is 0 Å². The Hall–Kier alpha value is -2.09. The number of hydrogen-bond donors (Lipinski definition) is 0. The lowest BCUT2D eigenvalue weighted by atomic mass is 10.1. The molecule has 2 rings (SSSR count). The minimum Gasteiger partial charge on any atom is -0.495 e. The molecule has 26 heavy (non-hydrogen) atoms. The standard InChI is InChI=1S/C18H21ClN2O4S/c1-20(2)26(23,24)17-11-14(8-9-16(17)25-4)18(22)21(3)12-13-6-5-7-15(19)10-13/h5-11H,12H2,1-4H3. The van der Waals surface area contributed by atoms with Gasteiger partial charge < -0.3 is 9.64 Å². The molecule has 2 aromatic carbocycles. The molecule has 0 heterocycles. The van der Waals surface area contributed by atoms with Gasteiger partial charge in [0.15, 0.2) is 0 Å². The number of carbonyl (C=O) groups is 1. The molecule has 0 radical (unpaired) electrons. The Bertz CT molecular complexity index is 913. The number of methoxy groups -OCH3 is 1. The van der Waals surface area contributed by atoms with E-state index in [2.05, 4.69) is 0 Å². The quantitative estimate of drug-likeness (QED) is 0.753. The highest BCUT2D eigenvalue weighted by molar-refractivity contribution is 7.89. The molecule has 0 saturated heterocycles. The van der Waals surface area contributed by atoms with Crippen molar-refractivity contribution in [2.45, 2.75) is 11.4 Å². The summed E-state index contributed by atoms with van der Waals surface area (Å²) in [6.07, 6.45) is 0. The van der Waals surface area contributed by atoms with Crippen molar-refractivity contribution in [2.75, 3.05) is 28.3 Å². The second-order valence-corrected chi connectivity index (χ2v) is 8.50. The zero-order valence-electron chi connectivity index (χ0n) is 15.1. The van der Waals surface area contributed by atoms with Crippen LogP contribution in [-0.4, -0.2) is 51.8 Å². The maximum Gasteiger partial charge on any atom is 0.253 e. The molecular weight excluding hydrogens is 376 g/mol. The average Bonchev–Trinajstić information content (AvgIpc) is 2.60. The Labute approximate surface area is 159 Å². The van der Waals surface area contributed by atoms with Gasteiger partial charge in [-0.2, -0.15) is 0 Å². The number of sulfonamides is 1. The van der Waals surface area contributed by atoms with Gasteiger partial charge in [0.1, 0.15) is 10.6 Å². The van der Waals surface area contributed by atoms with Crippen LogP contribution in [0.5, 0.6) is 5.75 Å². The van der Waals surface area contributed by atoms with Gasteiger partial charge in [0, 0.05) is 38.3 Å². The van der Waals surface area contributed by atoms with Crippen LogP contribution >= 0.6 is 11.6 Å². The first-order valence-corrected chi connectivity index (χ1v) is 9.59. The maximum atomic E-state index is 12.7. The van der Waals surface area contributed by atoms with Crippen molar-refractivity contribution in [1.82, 2.24) is 9.21 Å². The molecule has 0 N–H and O–H groups in total. The Morgan fingerprint density at radius 2 is 1.81 bits per heavy atom. The van der Waals surface area contributed by atoms with Gasteiger partial charge in [-0.05, 0) is 35.9 Å². The highest BCUT2D eigenvalue weighted by Gasteiger charge is 2.24. The summed E-state index contributed by atoms with van der Waals surface area (Å²) in [6.45, 7) is 0.348. The predicted octanol–water partition coefficient (Wildman–Crippen LogP) is 2.87. The van der Waals surface area contributed by atoms with Gasteiger partial charge in [-0.25, -0.2) is 12.7 Å². The van der Waals surface area contributed by atoms with E-state index in [-0.39, 0.29) is 22.1 Å². The summed E-state index contributed by atoms with van der Waals surface area (Å²) in [4.78, 5) is 14.2. The number of halogens is 1. The van der Waals surface area contributed by atoms with Crippen LogP contribution in [0.4, 0.5) is 0 Å². The van der Waals surface area contributed by atoms with E-state index < -0.39 is 10.0 Å². The summed E-state index contributed by atoms with van der Waals surface area (Å²) in [7, 11) is 2.14. The Balaban J connectivity index is 2.34. The van der Waals surface area contributed by atoms with Crippen LogP contribution in [0.2, 0.25) is 5.02 Å². The van der Waals surface area contributed by atoms with Crippen LogP contribution in [0.1, 0.15) is 15.9 Å². The van der Waals surface area contributed by atoms with E-state index in [4.69, 9.17) is 16.3 Å². The molecule has 1 amide bonds. The van der Waals surface area contributed by atoms with Gasteiger partial charge in [0.2, 0.25) is 10.0 Å². The molecule has 8 heteroatoms. The SMILES string of the molecule is COc1ccc(C(=O)N(C)Cc2cccc(Cl)c2)cc1S(=O)(=O)N(C)C. The van der Waals surface area contributed by atoms with E-state index in [1.54, 1.807) is 25.2 Å². The van der Waals surface area contributed by atoms with Crippen molar-refractivity contribution >= 4 is 27.5 Å². The fraction of sp³-hybridized carbons (Fsp3) is 0.278. The largest absolute Gasteiger partial charge is 0.495 e. The molecular formula is C18H21ClN2O4S. The van der Waals surface area contributed by atoms with Crippen LogP contribution in [0.15, 0.2) is 47.4 Å². The third-order valence-electron chi connectivity index (χ3n) is 3.82. The Kier molecular flexibility index (Phi) is 6.28. The molecule has 0 spiro atoms. The number of rotatable bonds is 6. The molecule has 0 fully saturated rings. The average molecular weight is 397 g/mol. The lowest BCUT2D eigenvalue weighted by molar-refractivity contribution is 0.0785. The van der Waals surface area contributed by atoms with Gasteiger partial charge in [-0.3, -0.25) is 4.79 Å². The second kappa shape index (κ2) is 8.07. The molecule has 0 saturated carbocycles. The molecule has 0 unspecified atom stereocenters. The minimum atomic E-state index is -3.75. The summed E-state index contributed by atoms with van der Waals surface area (Å²) in [5, 5.41) is 0.590. The zero-order chi connectivity index (χ0) is 19.5. The minimum absolute atomic E-state index is 0.0491. The number of amides is 1. The smallest absolute Gasteiger partial charge is 0.253 e. The van der Waals surface area contributed by atoms with E-state index in [0.717, 1.165) is 9.87 Å². The topological polar surface area (TPSA) is 66.9 Å². The molecule has 0 aliphatic carbocycles. The van der Waals surface area contributed by atoms with E-state index in [1.165, 1.54) is 38.2 Å². The van der Waals surface area contributed by atoms with Crippen LogP contribution in [0.3, 0.4) is 0 Å². The molecule has 2 aromatic rings. The fourth-order valence-corrected chi connectivity index (χ4v) is 3.70. The predicted molar refractivity (Wildman–Crippen MR) is 101 cm³/mol. The van der Waals surface area contributed by atoms with Crippen molar-refractivity contribution in [2.24, 2.45) is 0 Å². The summed E-state index contributed by atoms with van der Waals surface area (Å²) in [6, 6.07) is 11.6. The van der Waals surface area contributed by atoms with Crippen molar-refractivity contribution in [3.05, 3.63) is 58.6 Å². The molecule has 0 aliphatic heterocycles. The highest BCUT2D eigenvalue weighted by atomic mass is 35.5. The maximum absolute atomic E-state index is 12.7. The normalized spacial score (nSPS) is 11.5. The van der Waals surface area contributed by atoms with Crippen molar-refractivity contribution in [1.29, 1.82) is 0 Å². The number of ether oxygens (including phenoxy) is 1. The number of benzene rings is 2.